The van der Waals surface area contributed by atoms with E-state index in [1.165, 1.54) is 0 Å². The van der Waals surface area contributed by atoms with Gasteiger partial charge < -0.3 is 4.74 Å². The minimum absolute atomic E-state index is 0.0874. The van der Waals surface area contributed by atoms with Crippen LogP contribution in [0.25, 0.3) is 0 Å². The smallest absolute Gasteiger partial charge is 0.320 e. The minimum atomic E-state index is -0.977. The number of fused-ring (bicyclic) bond motifs is 1. The van der Waals surface area contributed by atoms with Crippen LogP contribution in [0.3, 0.4) is 0 Å². The third kappa shape index (κ3) is 5.89. The molecule has 10 nitrogen and oxygen atoms in total. The fourth-order valence-electron chi connectivity index (χ4n) is 5.64. The molecular weight excluding hydrogens is 500 g/mol. The second-order valence-corrected chi connectivity index (χ2v) is 11.7. The van der Waals surface area contributed by atoms with E-state index in [2.05, 4.69) is 27.0 Å². The quantitative estimate of drug-likeness (QED) is 0.348. The molecule has 4 amide bonds. The van der Waals surface area contributed by atoms with E-state index in [1.807, 2.05) is 20.8 Å². The van der Waals surface area contributed by atoms with Crippen molar-refractivity contribution in [2.24, 2.45) is 5.92 Å². The average molecular weight is 535 g/mol. The standard InChI is InChI=1S/C29H34N4O6/c1-29(2,3)39-25(35)17-31-12-10-20(11-13-31)32-15-19(16-32)5-4-18-6-7-21-22(14-18)28(38)33(27(21)37)23-8-9-24(34)30-26(23)36/h6-7,14,19-20,23H,8-13,15-17H2,1-3H3,(H,30,34,36). The van der Waals surface area contributed by atoms with Crippen LogP contribution in [0.15, 0.2) is 18.2 Å². The third-order valence-corrected chi connectivity index (χ3v) is 7.62. The summed E-state index contributed by atoms with van der Waals surface area (Å²) in [4.78, 5) is 67.2. The number of likely N-dealkylation sites (tertiary alicyclic amines) is 2. The summed E-state index contributed by atoms with van der Waals surface area (Å²) in [6, 6.07) is 4.44. The predicted molar refractivity (Wildman–Crippen MR) is 140 cm³/mol. The Morgan fingerprint density at radius 2 is 1.72 bits per heavy atom. The number of hydrogen-bond acceptors (Lipinski definition) is 8. The van der Waals surface area contributed by atoms with Gasteiger partial charge in [0.15, 0.2) is 0 Å². The van der Waals surface area contributed by atoms with Crippen molar-refractivity contribution in [3.05, 3.63) is 34.9 Å². The van der Waals surface area contributed by atoms with Gasteiger partial charge in [-0.25, -0.2) is 0 Å². The molecule has 0 spiro atoms. The number of piperidine rings is 2. The van der Waals surface area contributed by atoms with E-state index in [4.69, 9.17) is 4.74 Å². The van der Waals surface area contributed by atoms with Gasteiger partial charge in [-0.1, -0.05) is 11.8 Å². The monoisotopic (exact) mass is 534 g/mol. The van der Waals surface area contributed by atoms with Crippen LogP contribution >= 0.6 is 0 Å². The third-order valence-electron chi connectivity index (χ3n) is 7.62. The topological polar surface area (TPSA) is 116 Å². The number of rotatable bonds is 4. The molecule has 3 saturated heterocycles. The van der Waals surface area contributed by atoms with Gasteiger partial charge in [0.05, 0.1) is 17.7 Å². The Morgan fingerprint density at radius 1 is 1.03 bits per heavy atom. The predicted octanol–water partition coefficient (Wildman–Crippen LogP) is 1.18. The number of nitrogens with one attached hydrogen (secondary N) is 1. The lowest BCUT2D eigenvalue weighted by molar-refractivity contribution is -0.156. The van der Waals surface area contributed by atoms with Crippen LogP contribution in [-0.2, 0) is 19.1 Å². The number of amides is 4. The molecule has 206 valence electrons. The van der Waals surface area contributed by atoms with Crippen molar-refractivity contribution in [1.29, 1.82) is 0 Å². The zero-order chi connectivity index (χ0) is 27.9. The number of benzene rings is 1. The van der Waals surface area contributed by atoms with Crippen molar-refractivity contribution in [1.82, 2.24) is 20.0 Å². The van der Waals surface area contributed by atoms with Crippen molar-refractivity contribution in [3.8, 4) is 11.8 Å². The summed E-state index contributed by atoms with van der Waals surface area (Å²) in [6.07, 6.45) is 2.23. The fraction of sp³-hybridized carbons (Fsp3) is 0.552. The highest BCUT2D eigenvalue weighted by Crippen LogP contribution is 2.29. The zero-order valence-electron chi connectivity index (χ0n) is 22.6. The Hall–Kier alpha value is -3.55. The zero-order valence-corrected chi connectivity index (χ0v) is 22.6. The normalized spacial score (nSPS) is 23.2. The van der Waals surface area contributed by atoms with E-state index in [-0.39, 0.29) is 35.9 Å². The highest BCUT2D eigenvalue weighted by Gasteiger charge is 2.44. The van der Waals surface area contributed by atoms with Crippen molar-refractivity contribution in [2.75, 3.05) is 32.7 Å². The fourth-order valence-corrected chi connectivity index (χ4v) is 5.64. The van der Waals surface area contributed by atoms with Crippen LogP contribution in [-0.4, -0.2) is 94.7 Å². The number of ether oxygens (including phenoxy) is 1. The van der Waals surface area contributed by atoms with Gasteiger partial charge in [0.1, 0.15) is 11.6 Å². The number of nitrogens with zero attached hydrogens (tertiary/aromatic N) is 3. The Kier molecular flexibility index (Phi) is 7.31. The molecule has 1 N–H and O–H groups in total. The number of imide groups is 2. The first-order valence-corrected chi connectivity index (χ1v) is 13.5. The van der Waals surface area contributed by atoms with E-state index < -0.39 is 35.3 Å². The Morgan fingerprint density at radius 3 is 2.38 bits per heavy atom. The molecule has 4 aliphatic rings. The van der Waals surface area contributed by atoms with Crippen LogP contribution in [0.2, 0.25) is 0 Å². The van der Waals surface area contributed by atoms with E-state index in [1.54, 1.807) is 18.2 Å². The largest absolute Gasteiger partial charge is 0.459 e. The van der Waals surface area contributed by atoms with E-state index >= 15 is 0 Å². The number of carbonyl (C=O) groups excluding carboxylic acids is 5. The first-order chi connectivity index (χ1) is 18.5. The maximum absolute atomic E-state index is 13.0. The Bertz CT molecular complexity index is 1270. The molecule has 1 aromatic carbocycles. The van der Waals surface area contributed by atoms with Gasteiger partial charge in [0.2, 0.25) is 11.8 Å². The number of hydrogen-bond donors (Lipinski definition) is 1. The van der Waals surface area contributed by atoms with Gasteiger partial charge in [0.25, 0.3) is 11.8 Å². The van der Waals surface area contributed by atoms with Crippen LogP contribution in [0, 0.1) is 17.8 Å². The van der Waals surface area contributed by atoms with E-state index in [0.29, 0.717) is 18.2 Å². The van der Waals surface area contributed by atoms with Crippen LogP contribution in [0.1, 0.15) is 72.7 Å². The Balaban J connectivity index is 1.12. The molecule has 4 aliphatic heterocycles. The maximum Gasteiger partial charge on any atom is 0.320 e. The second-order valence-electron chi connectivity index (χ2n) is 11.7. The molecule has 5 rings (SSSR count). The summed E-state index contributed by atoms with van der Waals surface area (Å²) in [5.74, 6) is 4.43. The molecule has 0 saturated carbocycles. The lowest BCUT2D eigenvalue weighted by atomic mass is 9.93. The summed E-state index contributed by atoms with van der Waals surface area (Å²) >= 11 is 0. The molecule has 0 aromatic heterocycles. The number of carbonyl (C=O) groups is 5. The first-order valence-electron chi connectivity index (χ1n) is 13.5. The molecule has 0 radical (unpaired) electrons. The summed E-state index contributed by atoms with van der Waals surface area (Å²) in [6.45, 7) is 9.47. The molecular formula is C29H34N4O6. The molecule has 4 heterocycles. The highest BCUT2D eigenvalue weighted by molar-refractivity contribution is 6.23. The minimum Gasteiger partial charge on any atom is -0.459 e. The molecule has 39 heavy (non-hydrogen) atoms. The summed E-state index contributed by atoms with van der Waals surface area (Å²) in [5, 5.41) is 2.20. The molecule has 1 atom stereocenters. The van der Waals surface area contributed by atoms with Crippen LogP contribution < -0.4 is 5.32 Å². The molecule has 1 unspecified atom stereocenters. The number of esters is 1. The van der Waals surface area contributed by atoms with Crippen molar-refractivity contribution in [3.63, 3.8) is 0 Å². The van der Waals surface area contributed by atoms with E-state index in [9.17, 15) is 24.0 Å². The van der Waals surface area contributed by atoms with Crippen LogP contribution in [0.4, 0.5) is 0 Å². The molecule has 3 fully saturated rings. The van der Waals surface area contributed by atoms with Gasteiger partial charge in [-0.05, 0) is 58.2 Å². The van der Waals surface area contributed by atoms with Gasteiger partial charge in [0, 0.05) is 50.1 Å². The second kappa shape index (κ2) is 10.5. The lowest BCUT2D eigenvalue weighted by Gasteiger charge is -2.45. The van der Waals surface area contributed by atoms with Crippen LogP contribution in [0.5, 0.6) is 0 Å². The van der Waals surface area contributed by atoms with E-state index in [0.717, 1.165) is 43.9 Å². The molecule has 0 aliphatic carbocycles. The highest BCUT2D eigenvalue weighted by atomic mass is 16.6. The Labute approximate surface area is 228 Å². The van der Waals surface area contributed by atoms with Gasteiger partial charge >= 0.3 is 5.97 Å². The van der Waals surface area contributed by atoms with Gasteiger partial charge in [-0.15, -0.1) is 0 Å². The summed E-state index contributed by atoms with van der Waals surface area (Å²) < 4.78 is 5.43. The lowest BCUT2D eigenvalue weighted by Crippen LogP contribution is -2.55. The van der Waals surface area contributed by atoms with Gasteiger partial charge in [-0.3, -0.25) is 44.0 Å². The molecule has 1 aromatic rings. The maximum atomic E-state index is 13.0. The first kappa shape index (κ1) is 27.0. The molecule has 0 bridgehead atoms. The van der Waals surface area contributed by atoms with Crippen molar-refractivity contribution in [2.45, 2.75) is 64.1 Å². The van der Waals surface area contributed by atoms with Crippen molar-refractivity contribution < 1.29 is 28.7 Å². The van der Waals surface area contributed by atoms with Crippen molar-refractivity contribution >= 4 is 29.6 Å². The molecule has 10 heteroatoms. The average Bonchev–Trinajstić information content (AvgIpc) is 3.07. The van der Waals surface area contributed by atoms with Gasteiger partial charge in [-0.2, -0.15) is 0 Å². The summed E-state index contributed by atoms with van der Waals surface area (Å²) in [7, 11) is 0. The SMILES string of the molecule is CC(C)(C)OC(=O)CN1CCC(N2CC(C#Cc3ccc4c(c3)C(=O)N(C3CCC(=O)NC3=O)C4=O)C2)CC1. The summed E-state index contributed by atoms with van der Waals surface area (Å²) in [5.41, 5.74) is 0.674.